The van der Waals surface area contributed by atoms with Gasteiger partial charge >= 0.3 is 0 Å². The molecule has 74 heavy (non-hydrogen) atoms. The summed E-state index contributed by atoms with van der Waals surface area (Å²) in [6, 6.07) is -5.99. The summed E-state index contributed by atoms with van der Waals surface area (Å²) in [6.45, 7) is 6.67. The van der Waals surface area contributed by atoms with Crippen LogP contribution in [0.2, 0.25) is 0 Å². The molecule has 0 radical (unpaired) electrons. The lowest BCUT2D eigenvalue weighted by atomic mass is 10.0. The molecule has 0 heterocycles. The van der Waals surface area contributed by atoms with Gasteiger partial charge in [-0.1, -0.05) is 39.0 Å². The van der Waals surface area contributed by atoms with Crippen molar-refractivity contribution < 1.29 is 43.0 Å². The number of nitrogens with two attached hydrogens (primary N) is 8. The largest absolute Gasteiger partial charge is 0.379 e. The first-order chi connectivity index (χ1) is 35.7. The highest BCUT2D eigenvalue weighted by molar-refractivity contribution is 5.93. The molecule has 24 nitrogen and oxygen atoms in total. The van der Waals surface area contributed by atoms with Crippen LogP contribution in [0, 0.1) is 0 Å². The summed E-state index contributed by atoms with van der Waals surface area (Å²) >= 11 is 0. The monoisotopic (exact) mass is 1060 g/mol. The van der Waals surface area contributed by atoms with Crippen LogP contribution in [-0.4, -0.2) is 162 Å². The fourth-order valence-electron chi connectivity index (χ4n) is 7.57. The lowest BCUT2D eigenvalue weighted by Crippen LogP contribution is -2.56. The van der Waals surface area contributed by atoms with Crippen molar-refractivity contribution >= 4 is 41.4 Å². The molecule has 0 aliphatic rings. The van der Waals surface area contributed by atoms with Crippen LogP contribution < -0.4 is 83.1 Å². The molecule has 0 aromatic carbocycles. The van der Waals surface area contributed by atoms with Gasteiger partial charge in [-0.25, -0.2) is 0 Å². The molecule has 7 atom stereocenters. The van der Waals surface area contributed by atoms with Crippen LogP contribution in [0.5, 0.6) is 0 Å². The number of amides is 7. The molecule has 23 N–H and O–H groups in total. The highest BCUT2D eigenvalue weighted by Gasteiger charge is 2.29. The second-order valence-corrected chi connectivity index (χ2v) is 19.0. The van der Waals surface area contributed by atoms with Gasteiger partial charge in [-0.2, -0.15) is 0 Å². The average Bonchev–Trinajstić information content (AvgIpc) is 3.38. The lowest BCUT2D eigenvalue weighted by Gasteiger charge is -2.24. The quantitative estimate of drug-likeness (QED) is 0.0295. The van der Waals surface area contributed by atoms with Crippen LogP contribution in [0.3, 0.4) is 0 Å². The normalized spacial score (nSPS) is 14.1. The molecule has 0 aromatic rings. The molecule has 0 fully saturated rings. The van der Waals surface area contributed by atoms with Crippen molar-refractivity contribution in [3.8, 4) is 0 Å². The van der Waals surface area contributed by atoms with Crippen LogP contribution >= 0.6 is 0 Å². The summed E-state index contributed by atoms with van der Waals surface area (Å²) in [7, 11) is 0. The number of ether oxygens (including phenoxy) is 2. The first kappa shape index (κ1) is 69.9. The van der Waals surface area contributed by atoms with Crippen molar-refractivity contribution in [3.63, 3.8) is 0 Å². The van der Waals surface area contributed by atoms with E-state index < -0.39 is 71.8 Å². The Morgan fingerprint density at radius 1 is 0.324 bits per heavy atom. The van der Waals surface area contributed by atoms with Gasteiger partial charge in [0.05, 0.1) is 44.0 Å². The Kier molecular flexibility index (Phi) is 44.7. The molecule has 0 rings (SSSR count). The van der Waals surface area contributed by atoms with Gasteiger partial charge in [-0.3, -0.25) is 33.6 Å². The van der Waals surface area contributed by atoms with Gasteiger partial charge in [-0.05, 0) is 142 Å². The minimum atomic E-state index is -1.05. The second kappa shape index (κ2) is 47.3. The highest BCUT2D eigenvalue weighted by Crippen LogP contribution is 2.10. The van der Waals surface area contributed by atoms with Crippen molar-refractivity contribution in [2.24, 2.45) is 45.9 Å². The predicted molar refractivity (Wildman–Crippen MR) is 289 cm³/mol. The van der Waals surface area contributed by atoms with Gasteiger partial charge in [0.1, 0.15) is 18.1 Å². The molecular weight excluding hydrogens is 955 g/mol. The molecule has 7 unspecified atom stereocenters. The third-order valence-electron chi connectivity index (χ3n) is 12.3. The highest BCUT2D eigenvalue weighted by atomic mass is 16.5. The van der Waals surface area contributed by atoms with Gasteiger partial charge in [0.25, 0.3) is 0 Å². The Balaban J connectivity index is 5.93. The molecule has 7 amide bonds. The van der Waals surface area contributed by atoms with E-state index in [0.29, 0.717) is 149 Å². The number of carbonyl (C=O) groups excluding carboxylic acids is 7. The van der Waals surface area contributed by atoms with Gasteiger partial charge in [-0.15, -0.1) is 0 Å². The lowest BCUT2D eigenvalue weighted by molar-refractivity contribution is -0.132. The van der Waals surface area contributed by atoms with Gasteiger partial charge < -0.3 is 92.6 Å². The summed E-state index contributed by atoms with van der Waals surface area (Å²) in [5.74, 6) is -2.98. The fourth-order valence-corrected chi connectivity index (χ4v) is 7.57. The van der Waals surface area contributed by atoms with Gasteiger partial charge in [0.15, 0.2) is 0 Å². The Hall–Kier alpha value is -4.11. The topological polar surface area (TPSA) is 430 Å². The van der Waals surface area contributed by atoms with E-state index in [1.165, 1.54) is 0 Å². The van der Waals surface area contributed by atoms with E-state index in [0.717, 1.165) is 38.5 Å². The predicted octanol–water partition coefficient (Wildman–Crippen LogP) is -1.93. The Morgan fingerprint density at radius 2 is 0.622 bits per heavy atom. The van der Waals surface area contributed by atoms with Crippen molar-refractivity contribution in [2.45, 2.75) is 197 Å². The van der Waals surface area contributed by atoms with E-state index in [2.05, 4.69) is 44.1 Å². The fraction of sp³-hybridized carbons (Fsp3) is 0.860. The Labute approximate surface area is 442 Å². The van der Waals surface area contributed by atoms with Crippen molar-refractivity contribution in [2.75, 3.05) is 78.8 Å². The SMILES string of the molecule is CCCCOCCOCCNC(=O)C(CCCCNC(=O)C(CCCCNC(=O)C(N)CCCCN)NC(=O)C(N)CCCCN)NC(=O)C(CCCCNC(=O)C(N)CCCCN)NC(=O)C(N)CCCCN. The molecule has 0 bridgehead atoms. The van der Waals surface area contributed by atoms with E-state index in [1.807, 2.05) is 0 Å². The molecule has 0 spiro atoms. The minimum absolute atomic E-state index is 0.162. The minimum Gasteiger partial charge on any atom is -0.379 e. The number of carbonyl (C=O) groups is 7. The van der Waals surface area contributed by atoms with E-state index in [-0.39, 0.29) is 50.8 Å². The third kappa shape index (κ3) is 36.8. The Morgan fingerprint density at radius 3 is 0.986 bits per heavy atom. The van der Waals surface area contributed by atoms with Crippen LogP contribution in [0.4, 0.5) is 0 Å². The Bertz CT molecular complexity index is 1500. The van der Waals surface area contributed by atoms with Crippen molar-refractivity contribution in [3.05, 3.63) is 0 Å². The number of hydrogen-bond acceptors (Lipinski definition) is 17. The zero-order valence-corrected chi connectivity index (χ0v) is 45.1. The molecule has 24 heteroatoms. The van der Waals surface area contributed by atoms with E-state index in [4.69, 9.17) is 55.3 Å². The molecule has 432 valence electrons. The smallest absolute Gasteiger partial charge is 0.243 e. The number of hydrogen-bond donors (Lipinski definition) is 15. The first-order valence-corrected chi connectivity index (χ1v) is 27.7. The number of nitrogens with one attached hydrogen (secondary N) is 7. The van der Waals surface area contributed by atoms with E-state index in [1.54, 1.807) is 0 Å². The second-order valence-electron chi connectivity index (χ2n) is 19.0. The van der Waals surface area contributed by atoms with Gasteiger partial charge in [0, 0.05) is 32.8 Å². The maximum Gasteiger partial charge on any atom is 0.243 e. The summed E-state index contributed by atoms with van der Waals surface area (Å²) in [5, 5.41) is 19.8. The third-order valence-corrected chi connectivity index (χ3v) is 12.3. The zero-order valence-electron chi connectivity index (χ0n) is 45.1. The van der Waals surface area contributed by atoms with Crippen LogP contribution in [-0.2, 0) is 43.0 Å². The molecule has 0 saturated carbocycles. The number of rotatable bonds is 50. The molecule has 0 saturated heterocycles. The summed E-state index contributed by atoms with van der Waals surface area (Å²) in [6.07, 6.45) is 12.9. The first-order valence-electron chi connectivity index (χ1n) is 27.7. The molecule has 0 aromatic heterocycles. The van der Waals surface area contributed by atoms with Crippen LogP contribution in [0.15, 0.2) is 0 Å². The van der Waals surface area contributed by atoms with Crippen LogP contribution in [0.1, 0.15) is 155 Å². The standard InChI is InChI=1S/C50H103N15O9/c1-2-3-33-73-35-36-74-34-32-62-49(71)42(65-50(72)43(64-47(69)40(58)21-7-14-28-54)24-10-16-30-60-45(67)38(56)19-5-12-26-52)23-9-17-31-61-48(70)41(63-46(68)39(57)20-6-13-27-53)22-8-15-29-59-44(66)37(55)18-4-11-25-51/h37-43H,2-36,51-58H2,1H3,(H,59,66)(H,60,67)(H,61,70)(H,62,71)(H,63,68)(H,64,69)(H,65,72). The molecule has 0 aliphatic carbocycles. The summed E-state index contributed by atoms with van der Waals surface area (Å²) < 4.78 is 11.2. The summed E-state index contributed by atoms with van der Waals surface area (Å²) in [5.41, 5.74) is 46.7. The van der Waals surface area contributed by atoms with Crippen molar-refractivity contribution in [1.82, 2.24) is 37.2 Å². The average molecular weight is 1060 g/mol. The van der Waals surface area contributed by atoms with Crippen molar-refractivity contribution in [1.29, 1.82) is 0 Å². The maximum absolute atomic E-state index is 14.1. The van der Waals surface area contributed by atoms with E-state index >= 15 is 0 Å². The van der Waals surface area contributed by atoms with Gasteiger partial charge in [0.2, 0.25) is 41.4 Å². The molecule has 0 aliphatic heterocycles. The zero-order chi connectivity index (χ0) is 55.2. The van der Waals surface area contributed by atoms with E-state index in [9.17, 15) is 33.6 Å². The summed E-state index contributed by atoms with van der Waals surface area (Å²) in [4.78, 5) is 92.7. The molecular formula is C50H103N15O9. The van der Waals surface area contributed by atoms with Crippen LogP contribution in [0.25, 0.3) is 0 Å². The number of unbranched alkanes of at least 4 members (excludes halogenated alkanes) is 8. The maximum atomic E-state index is 14.1.